The van der Waals surface area contributed by atoms with Crippen molar-refractivity contribution < 1.29 is 37.9 Å². The Balaban J connectivity index is 0.00000763. The van der Waals surface area contributed by atoms with Crippen molar-refractivity contribution in [2.24, 2.45) is 14.1 Å². The van der Waals surface area contributed by atoms with Crippen LogP contribution in [0.5, 0.6) is 0 Å². The summed E-state index contributed by atoms with van der Waals surface area (Å²) < 4.78 is 33.2. The van der Waals surface area contributed by atoms with Crippen molar-refractivity contribution >= 4 is 0 Å². The van der Waals surface area contributed by atoms with Gasteiger partial charge >= 0.3 is 0 Å². The third-order valence-electron chi connectivity index (χ3n) is 18.3. The van der Waals surface area contributed by atoms with Gasteiger partial charge in [-0.3, -0.25) is 0 Å². The molecule has 15 rings (SSSR count). The second-order valence-electron chi connectivity index (χ2n) is 23.9. The molecule has 1 radical (unpaired) electrons. The maximum atomic E-state index is 8.84. The minimum atomic E-state index is -2.36. The van der Waals surface area contributed by atoms with E-state index in [9.17, 15) is 0 Å². The van der Waals surface area contributed by atoms with E-state index in [0.29, 0.717) is 11.1 Å². The Hall–Kier alpha value is -10.5. The van der Waals surface area contributed by atoms with Gasteiger partial charge in [0.25, 0.3) is 0 Å². The number of hydrogen-bond acceptors (Lipinski definition) is 0. The van der Waals surface area contributed by atoms with Crippen molar-refractivity contribution in [1.82, 2.24) is 0 Å². The molecule has 0 aliphatic carbocycles. The van der Waals surface area contributed by atoms with Gasteiger partial charge in [-0.15, -0.1) is 0 Å². The van der Waals surface area contributed by atoms with Crippen LogP contribution in [0.2, 0.25) is 0 Å². The fourth-order valence-corrected chi connectivity index (χ4v) is 13.8. The van der Waals surface area contributed by atoms with Crippen molar-refractivity contribution in [3.8, 4) is 145 Å². The van der Waals surface area contributed by atoms with Gasteiger partial charge in [0, 0.05) is 76.8 Å². The van der Waals surface area contributed by atoms with Gasteiger partial charge < -0.3 is 0 Å². The third kappa shape index (κ3) is 11.0. The van der Waals surface area contributed by atoms with E-state index in [0.717, 1.165) is 118 Å². The standard InChI is InChI=1S/C87H68N3.Ir/c1-58-46-81(77(61-28-10-6-11-29-61)53-75(58)85-42-24-26-44-88(85)4)72-39-21-18-36-69(72)65-49-66(51-67(50-65)71-38-20-23-41-74(71)83-52-68-56-90-45-27-25-43-86(90)80(68)55-79(83)63-32-14-8-15-33-63)70-37-19-22-40-73(70)82-47-59(2)76(54-78(82)62-30-12-7-13-31-62)87-48-60(3)84(57-89(87)5)64-34-16-9-17-35-64;/h6-55,57H,56H2,1-5H3;/q+3;/i3D3;. The minimum Gasteiger partial charge on any atom is -0.201 e. The summed E-state index contributed by atoms with van der Waals surface area (Å²) in [5.74, 6) is 0. The number of aryl methyl sites for hydroxylation is 5. The molecule has 437 valence electrons. The molecule has 1 aliphatic heterocycles. The maximum absolute atomic E-state index is 8.84. The fourth-order valence-electron chi connectivity index (χ4n) is 13.8. The zero-order valence-electron chi connectivity index (χ0n) is 54.3. The second kappa shape index (κ2) is 24.8. The summed E-state index contributed by atoms with van der Waals surface area (Å²) in [7, 11) is 4.14. The van der Waals surface area contributed by atoms with Gasteiger partial charge in [0.15, 0.2) is 25.1 Å². The summed E-state index contributed by atoms with van der Waals surface area (Å²) in [6, 6.07) is 105. The molecule has 0 atom stereocenters. The van der Waals surface area contributed by atoms with E-state index in [2.05, 4.69) is 302 Å². The van der Waals surface area contributed by atoms with Crippen molar-refractivity contribution in [3.63, 3.8) is 0 Å². The van der Waals surface area contributed by atoms with Crippen LogP contribution in [0, 0.1) is 20.7 Å². The number of rotatable bonds is 12. The van der Waals surface area contributed by atoms with Gasteiger partial charge in [0.05, 0.1) is 5.56 Å². The molecule has 0 amide bonds. The quantitative estimate of drug-likeness (QED) is 0.108. The van der Waals surface area contributed by atoms with Crippen LogP contribution in [-0.2, 0) is 40.7 Å². The van der Waals surface area contributed by atoms with Gasteiger partial charge in [-0.1, -0.05) is 194 Å². The van der Waals surface area contributed by atoms with Crippen LogP contribution in [0.3, 0.4) is 0 Å². The van der Waals surface area contributed by atoms with Gasteiger partial charge in [0.2, 0.25) is 17.1 Å². The predicted molar refractivity (Wildman–Crippen MR) is 373 cm³/mol. The second-order valence-corrected chi connectivity index (χ2v) is 23.9. The van der Waals surface area contributed by atoms with E-state index in [4.69, 9.17) is 4.11 Å². The topological polar surface area (TPSA) is 11.6 Å². The molecular formula is C87H68IrN3+3. The van der Waals surface area contributed by atoms with Crippen LogP contribution in [0.4, 0.5) is 0 Å². The molecule has 0 saturated carbocycles. The Kier molecular flexibility index (Phi) is 14.9. The molecular weight excluding hydrogens is 1280 g/mol. The van der Waals surface area contributed by atoms with Crippen molar-refractivity contribution in [2.75, 3.05) is 0 Å². The smallest absolute Gasteiger partial charge is 0.201 e. The molecule has 0 saturated heterocycles. The molecule has 0 spiro atoms. The summed E-state index contributed by atoms with van der Waals surface area (Å²) >= 11 is 0. The van der Waals surface area contributed by atoms with E-state index < -0.39 is 6.85 Å². The molecule has 0 unspecified atom stereocenters. The minimum absolute atomic E-state index is 0. The Bertz CT molecular complexity index is 5200. The fraction of sp³-hybridized carbons (Fsp3) is 0.0690. The molecule has 4 heterocycles. The normalized spacial score (nSPS) is 12.1. The summed E-state index contributed by atoms with van der Waals surface area (Å²) in [4.78, 5) is 0. The first-order valence-corrected chi connectivity index (χ1v) is 31.0. The van der Waals surface area contributed by atoms with Crippen LogP contribution in [0.15, 0.2) is 310 Å². The van der Waals surface area contributed by atoms with E-state index in [1.807, 2.05) is 49.6 Å². The Morgan fingerprint density at radius 3 is 1.09 bits per heavy atom. The molecule has 0 bridgehead atoms. The average Bonchev–Trinajstić information content (AvgIpc) is 1.21. The third-order valence-corrected chi connectivity index (χ3v) is 18.3. The molecule has 14 aromatic rings. The predicted octanol–water partition coefficient (Wildman–Crippen LogP) is 20.6. The zero-order chi connectivity index (χ0) is 63.3. The number of aromatic nitrogens is 3. The van der Waals surface area contributed by atoms with E-state index >= 15 is 0 Å². The Morgan fingerprint density at radius 2 is 0.637 bits per heavy atom. The van der Waals surface area contributed by atoms with Crippen molar-refractivity contribution in [1.29, 1.82) is 0 Å². The summed E-state index contributed by atoms with van der Waals surface area (Å²) in [6.45, 7) is 2.83. The monoisotopic (exact) mass is 1350 g/mol. The molecule has 3 nitrogen and oxygen atoms in total. The van der Waals surface area contributed by atoms with Crippen molar-refractivity contribution in [2.45, 2.75) is 27.2 Å². The van der Waals surface area contributed by atoms with Gasteiger partial charge in [-0.05, 0) is 210 Å². The largest absolute Gasteiger partial charge is 0.213 e. The van der Waals surface area contributed by atoms with Gasteiger partial charge in [-0.2, -0.15) is 4.57 Å². The first-order valence-electron chi connectivity index (χ1n) is 32.5. The maximum Gasteiger partial charge on any atom is 0.213 e. The number of fused-ring (bicyclic) bond motifs is 3. The molecule has 0 N–H and O–H groups in total. The van der Waals surface area contributed by atoms with Gasteiger partial charge in [-0.25, -0.2) is 9.13 Å². The molecule has 0 fully saturated rings. The van der Waals surface area contributed by atoms with Crippen LogP contribution in [0.1, 0.15) is 26.4 Å². The van der Waals surface area contributed by atoms with Crippen LogP contribution >= 0.6 is 0 Å². The number of benzene rings is 11. The number of hydrogen-bond donors (Lipinski definition) is 0. The van der Waals surface area contributed by atoms with Crippen molar-refractivity contribution in [3.05, 3.63) is 332 Å². The molecule has 3 aromatic heterocycles. The molecule has 1 aliphatic rings. The SMILES string of the molecule is [2H]C([2H])([2H])c1cc(-c2cc(-c3ccccc3)c(-c3ccccc3-c3cc(-c4ccccc4-c4cc(C)c(-c5cccc[n+]5C)cc4-c4ccccc4)cc(-c4ccccc4-c4cc5c(cc4-c4ccccc4)-c4cccc[n+]4C5)c3)cc2C)[n+](C)cc1-c1ccccc1.[Ir]. The van der Waals surface area contributed by atoms with E-state index in [1.165, 1.54) is 44.6 Å². The Morgan fingerprint density at radius 1 is 0.264 bits per heavy atom. The number of pyridine rings is 3. The molecule has 11 aromatic carbocycles. The summed E-state index contributed by atoms with van der Waals surface area (Å²) in [5.41, 5.74) is 32.1. The first-order chi connectivity index (χ1) is 45.4. The van der Waals surface area contributed by atoms with Gasteiger partial charge in [0.1, 0.15) is 14.1 Å². The average molecular weight is 1350 g/mol. The van der Waals surface area contributed by atoms with Crippen LogP contribution < -0.4 is 13.7 Å². The van der Waals surface area contributed by atoms with E-state index in [-0.39, 0.29) is 20.1 Å². The Labute approximate surface area is 552 Å². The zero-order valence-corrected chi connectivity index (χ0v) is 53.7. The first kappa shape index (κ1) is 54.7. The molecule has 4 heteroatoms. The number of nitrogens with zero attached hydrogens (tertiary/aromatic N) is 3. The van der Waals surface area contributed by atoms with Crippen LogP contribution in [-0.4, -0.2) is 0 Å². The molecule has 91 heavy (non-hydrogen) atoms. The summed E-state index contributed by atoms with van der Waals surface area (Å²) in [5, 5.41) is 0. The van der Waals surface area contributed by atoms with E-state index in [1.54, 1.807) is 0 Å². The summed E-state index contributed by atoms with van der Waals surface area (Å²) in [6.07, 6.45) is 6.29. The van der Waals surface area contributed by atoms with Crippen LogP contribution in [0.25, 0.3) is 145 Å².